The van der Waals surface area contributed by atoms with Crippen LogP contribution in [0.4, 0.5) is 4.39 Å². The summed E-state index contributed by atoms with van der Waals surface area (Å²) in [6, 6.07) is 4.95. The summed E-state index contributed by atoms with van der Waals surface area (Å²) in [6.07, 6.45) is 1.18. The van der Waals surface area contributed by atoms with E-state index >= 15 is 0 Å². The first-order valence-electron chi connectivity index (χ1n) is 5.81. The van der Waals surface area contributed by atoms with Crippen molar-refractivity contribution in [3.05, 3.63) is 34.1 Å². The molecular weight excluding hydrogens is 285 g/mol. The first-order chi connectivity index (χ1) is 7.99. The summed E-state index contributed by atoms with van der Waals surface area (Å²) in [5, 5.41) is 3.47. The van der Waals surface area contributed by atoms with E-state index in [0.29, 0.717) is 6.54 Å². The molecule has 1 N–H and O–H groups in total. The Bertz CT molecular complexity index is 392. The molecule has 0 aromatic heterocycles. The van der Waals surface area contributed by atoms with E-state index in [9.17, 15) is 4.39 Å². The Kier molecular flexibility index (Phi) is 3.85. The Labute approximate surface area is 110 Å². The van der Waals surface area contributed by atoms with Crippen molar-refractivity contribution in [3.63, 3.8) is 0 Å². The van der Waals surface area contributed by atoms with Crippen LogP contribution < -0.4 is 5.32 Å². The van der Waals surface area contributed by atoms with E-state index < -0.39 is 0 Å². The summed E-state index contributed by atoms with van der Waals surface area (Å²) in [5.74, 6) is -0.211. The van der Waals surface area contributed by atoms with Crippen LogP contribution in [0.5, 0.6) is 0 Å². The lowest BCUT2D eigenvalue weighted by Crippen LogP contribution is -2.47. The number of hydrogen-bond donors (Lipinski definition) is 1. The molecule has 2 atom stereocenters. The Hall–Kier alpha value is -0.450. The number of benzene rings is 1. The maximum absolute atomic E-state index is 13.2. The molecule has 0 amide bonds. The van der Waals surface area contributed by atoms with Crippen molar-refractivity contribution >= 4 is 15.9 Å². The van der Waals surface area contributed by atoms with E-state index in [0.717, 1.165) is 23.1 Å². The molecule has 2 nitrogen and oxygen atoms in total. The molecule has 1 aliphatic rings. The minimum atomic E-state index is -0.211. The van der Waals surface area contributed by atoms with Crippen LogP contribution in [0, 0.1) is 5.82 Å². The first-order valence-corrected chi connectivity index (χ1v) is 6.60. The molecule has 1 heterocycles. The maximum atomic E-state index is 13.2. The second-order valence-corrected chi connectivity index (χ2v) is 5.73. The normalized spacial score (nSPS) is 28.6. The van der Waals surface area contributed by atoms with Gasteiger partial charge >= 0.3 is 0 Å². The molecule has 0 spiro atoms. The van der Waals surface area contributed by atoms with E-state index in [1.54, 1.807) is 6.07 Å². The minimum absolute atomic E-state index is 0.0151. The Morgan fingerprint density at radius 2 is 2.29 bits per heavy atom. The number of hydrogen-bond acceptors (Lipinski definition) is 2. The molecule has 0 saturated carbocycles. The van der Waals surface area contributed by atoms with Crippen molar-refractivity contribution in [1.82, 2.24) is 5.32 Å². The van der Waals surface area contributed by atoms with Crippen LogP contribution in [0.2, 0.25) is 0 Å². The fourth-order valence-corrected chi connectivity index (χ4v) is 2.60. The van der Waals surface area contributed by atoms with Crippen molar-refractivity contribution < 1.29 is 9.13 Å². The molecule has 0 bridgehead atoms. The van der Waals surface area contributed by atoms with Crippen molar-refractivity contribution in [3.8, 4) is 0 Å². The van der Waals surface area contributed by atoms with Gasteiger partial charge in [0.2, 0.25) is 0 Å². The van der Waals surface area contributed by atoms with Crippen LogP contribution >= 0.6 is 15.9 Å². The molecule has 1 aromatic rings. The zero-order valence-electron chi connectivity index (χ0n) is 10.1. The van der Waals surface area contributed by atoms with Crippen molar-refractivity contribution in [2.24, 2.45) is 0 Å². The summed E-state index contributed by atoms with van der Waals surface area (Å²) in [6.45, 7) is 5.67. The second kappa shape index (κ2) is 5.04. The average molecular weight is 302 g/mol. The van der Waals surface area contributed by atoms with Gasteiger partial charge in [-0.15, -0.1) is 0 Å². The van der Waals surface area contributed by atoms with Crippen molar-refractivity contribution in [2.75, 3.05) is 6.61 Å². The van der Waals surface area contributed by atoms with Crippen LogP contribution in [0.15, 0.2) is 22.7 Å². The van der Waals surface area contributed by atoms with E-state index in [2.05, 4.69) is 35.1 Å². The smallest absolute Gasteiger partial charge is 0.124 e. The molecule has 17 heavy (non-hydrogen) atoms. The highest BCUT2D eigenvalue weighted by molar-refractivity contribution is 9.10. The topological polar surface area (TPSA) is 21.3 Å². The van der Waals surface area contributed by atoms with E-state index in [1.165, 1.54) is 6.07 Å². The van der Waals surface area contributed by atoms with Gasteiger partial charge in [-0.25, -0.2) is 4.39 Å². The molecule has 0 radical (unpaired) electrons. The molecule has 4 heteroatoms. The van der Waals surface area contributed by atoms with Gasteiger partial charge in [0.05, 0.1) is 6.10 Å². The third kappa shape index (κ3) is 3.06. The average Bonchev–Trinajstić information content (AvgIpc) is 2.56. The Morgan fingerprint density at radius 1 is 1.53 bits per heavy atom. The van der Waals surface area contributed by atoms with E-state index in [4.69, 9.17) is 4.74 Å². The standard InChI is InChI=1S/C13H17BrFNO/c1-9-13(2,3-4-17-9)16-8-10-5-11(14)7-12(15)6-10/h5-7,9,16H,3-4,8H2,1-2H3. The highest BCUT2D eigenvalue weighted by Gasteiger charge is 2.36. The number of ether oxygens (including phenoxy) is 1. The summed E-state index contributed by atoms with van der Waals surface area (Å²) in [5.41, 5.74) is 0.927. The van der Waals surface area contributed by atoms with Crippen molar-refractivity contribution in [2.45, 2.75) is 38.5 Å². The summed E-state index contributed by atoms with van der Waals surface area (Å²) in [7, 11) is 0. The molecule has 1 saturated heterocycles. The van der Waals surface area contributed by atoms with E-state index in [-0.39, 0.29) is 17.5 Å². The third-order valence-corrected chi connectivity index (χ3v) is 3.96. The van der Waals surface area contributed by atoms with Gasteiger partial charge in [-0.05, 0) is 44.0 Å². The lowest BCUT2D eigenvalue weighted by Gasteiger charge is -2.29. The fourth-order valence-electron chi connectivity index (χ4n) is 2.08. The number of rotatable bonds is 3. The molecule has 94 valence electrons. The largest absolute Gasteiger partial charge is 0.377 e. The molecular formula is C13H17BrFNO. The van der Waals surface area contributed by atoms with Gasteiger partial charge in [-0.3, -0.25) is 0 Å². The molecule has 1 fully saturated rings. The van der Waals surface area contributed by atoms with Gasteiger partial charge in [-0.1, -0.05) is 15.9 Å². The summed E-state index contributed by atoms with van der Waals surface area (Å²) < 4.78 is 19.6. The van der Waals surface area contributed by atoms with Crippen LogP contribution in [0.1, 0.15) is 25.8 Å². The number of nitrogens with one attached hydrogen (secondary N) is 1. The zero-order valence-corrected chi connectivity index (χ0v) is 11.7. The SMILES string of the molecule is CC1OCCC1(C)NCc1cc(F)cc(Br)c1. The van der Waals surface area contributed by atoms with Gasteiger partial charge in [-0.2, -0.15) is 0 Å². The molecule has 0 aliphatic carbocycles. The third-order valence-electron chi connectivity index (χ3n) is 3.51. The fraction of sp³-hybridized carbons (Fsp3) is 0.538. The second-order valence-electron chi connectivity index (χ2n) is 4.81. The van der Waals surface area contributed by atoms with Crippen LogP contribution in [-0.4, -0.2) is 18.2 Å². The number of halogens is 2. The molecule has 2 rings (SSSR count). The van der Waals surface area contributed by atoms with Gasteiger partial charge in [0.15, 0.2) is 0 Å². The lowest BCUT2D eigenvalue weighted by atomic mass is 9.94. The summed E-state index contributed by atoms with van der Waals surface area (Å²) >= 11 is 3.30. The Morgan fingerprint density at radius 3 is 2.88 bits per heavy atom. The monoisotopic (exact) mass is 301 g/mol. The minimum Gasteiger partial charge on any atom is -0.377 e. The molecule has 1 aromatic carbocycles. The highest BCUT2D eigenvalue weighted by Crippen LogP contribution is 2.25. The van der Waals surface area contributed by atoms with Gasteiger partial charge < -0.3 is 10.1 Å². The van der Waals surface area contributed by atoms with Gasteiger partial charge in [0.1, 0.15) is 5.82 Å². The molecule has 1 aliphatic heterocycles. The summed E-state index contributed by atoms with van der Waals surface area (Å²) in [4.78, 5) is 0. The van der Waals surface area contributed by atoms with Crippen molar-refractivity contribution in [1.29, 1.82) is 0 Å². The van der Waals surface area contributed by atoms with Crippen LogP contribution in [0.3, 0.4) is 0 Å². The van der Waals surface area contributed by atoms with Crippen LogP contribution in [-0.2, 0) is 11.3 Å². The first kappa shape index (κ1) is 13.0. The molecule has 2 unspecified atom stereocenters. The van der Waals surface area contributed by atoms with Crippen LogP contribution in [0.25, 0.3) is 0 Å². The maximum Gasteiger partial charge on any atom is 0.124 e. The predicted octanol–water partition coefficient (Wildman–Crippen LogP) is 3.25. The lowest BCUT2D eigenvalue weighted by molar-refractivity contribution is 0.0881. The zero-order chi connectivity index (χ0) is 12.5. The highest BCUT2D eigenvalue weighted by atomic mass is 79.9. The van der Waals surface area contributed by atoms with E-state index in [1.807, 2.05) is 6.07 Å². The quantitative estimate of drug-likeness (QED) is 0.925. The van der Waals surface area contributed by atoms with Gasteiger partial charge in [0, 0.05) is 23.2 Å². The Balaban J connectivity index is 2.02. The predicted molar refractivity (Wildman–Crippen MR) is 69.4 cm³/mol. The van der Waals surface area contributed by atoms with Gasteiger partial charge in [0.25, 0.3) is 0 Å².